The second-order valence-electron chi connectivity index (χ2n) is 4.94. The van der Waals surface area contributed by atoms with E-state index in [4.69, 9.17) is 10.5 Å². The molecule has 0 aliphatic rings. The van der Waals surface area contributed by atoms with Crippen molar-refractivity contribution in [3.8, 4) is 11.5 Å². The first-order valence-corrected chi connectivity index (χ1v) is 6.65. The second kappa shape index (κ2) is 5.89. The molecule has 2 heteroatoms. The van der Waals surface area contributed by atoms with Crippen LogP contribution in [0.4, 0.5) is 0 Å². The van der Waals surface area contributed by atoms with Crippen LogP contribution in [-0.2, 0) is 6.42 Å². The van der Waals surface area contributed by atoms with Gasteiger partial charge < -0.3 is 10.5 Å². The number of hydrogen-bond acceptors (Lipinski definition) is 2. The van der Waals surface area contributed by atoms with Gasteiger partial charge in [0.1, 0.15) is 11.5 Å². The third-order valence-corrected chi connectivity index (χ3v) is 3.42. The highest BCUT2D eigenvalue weighted by Crippen LogP contribution is 2.30. The zero-order valence-electron chi connectivity index (χ0n) is 11.9. The molecule has 2 rings (SSSR count). The van der Waals surface area contributed by atoms with E-state index in [-0.39, 0.29) is 0 Å². The molecule has 2 nitrogen and oxygen atoms in total. The third-order valence-electron chi connectivity index (χ3n) is 3.42. The van der Waals surface area contributed by atoms with Crippen molar-refractivity contribution in [2.75, 3.05) is 6.54 Å². The van der Waals surface area contributed by atoms with Crippen LogP contribution in [0.1, 0.15) is 22.3 Å². The number of ether oxygens (including phenoxy) is 1. The summed E-state index contributed by atoms with van der Waals surface area (Å²) in [6, 6.07) is 12.4. The van der Waals surface area contributed by atoms with Crippen LogP contribution < -0.4 is 10.5 Å². The summed E-state index contributed by atoms with van der Waals surface area (Å²) in [7, 11) is 0. The second-order valence-corrected chi connectivity index (χ2v) is 4.94. The van der Waals surface area contributed by atoms with Crippen molar-refractivity contribution in [2.45, 2.75) is 27.2 Å². The van der Waals surface area contributed by atoms with E-state index in [0.29, 0.717) is 6.54 Å². The molecule has 0 heterocycles. The lowest BCUT2D eigenvalue weighted by Crippen LogP contribution is -2.02. The molecule has 0 bridgehead atoms. The van der Waals surface area contributed by atoms with Crippen molar-refractivity contribution in [3.05, 3.63) is 58.7 Å². The van der Waals surface area contributed by atoms with Gasteiger partial charge in [-0.3, -0.25) is 0 Å². The van der Waals surface area contributed by atoms with Gasteiger partial charge >= 0.3 is 0 Å². The summed E-state index contributed by atoms with van der Waals surface area (Å²) in [5.74, 6) is 1.84. The van der Waals surface area contributed by atoms with Gasteiger partial charge in [0.15, 0.2) is 0 Å². The smallest absolute Gasteiger partial charge is 0.133 e. The van der Waals surface area contributed by atoms with E-state index < -0.39 is 0 Å². The molecule has 0 atom stereocenters. The molecule has 0 radical (unpaired) electrons. The minimum absolute atomic E-state index is 0.659. The molecule has 19 heavy (non-hydrogen) atoms. The normalized spacial score (nSPS) is 10.5. The van der Waals surface area contributed by atoms with E-state index in [2.05, 4.69) is 45.0 Å². The van der Waals surface area contributed by atoms with Crippen molar-refractivity contribution in [1.29, 1.82) is 0 Å². The molecule has 0 fully saturated rings. The van der Waals surface area contributed by atoms with E-state index in [1.54, 1.807) is 0 Å². The Hall–Kier alpha value is -1.80. The molecule has 0 saturated heterocycles. The SMILES string of the molecule is Cc1ccc(C)c(Oc2cccc(CCN)c2)c1C. The zero-order valence-corrected chi connectivity index (χ0v) is 11.9. The van der Waals surface area contributed by atoms with Gasteiger partial charge in [-0.2, -0.15) is 0 Å². The number of hydrogen-bond donors (Lipinski definition) is 1. The van der Waals surface area contributed by atoms with Crippen LogP contribution in [0.3, 0.4) is 0 Å². The third kappa shape index (κ3) is 3.15. The van der Waals surface area contributed by atoms with E-state index in [1.807, 2.05) is 12.1 Å². The summed E-state index contributed by atoms with van der Waals surface area (Å²) in [4.78, 5) is 0. The Bertz CT molecular complexity index is 575. The number of nitrogens with two attached hydrogens (primary N) is 1. The lowest BCUT2D eigenvalue weighted by Gasteiger charge is -2.14. The lowest BCUT2D eigenvalue weighted by molar-refractivity contribution is 0.474. The molecule has 0 amide bonds. The van der Waals surface area contributed by atoms with E-state index in [0.717, 1.165) is 23.5 Å². The fourth-order valence-electron chi connectivity index (χ4n) is 2.13. The first-order chi connectivity index (χ1) is 9.11. The standard InChI is InChI=1S/C17H21NO/c1-12-7-8-13(2)17(14(12)3)19-16-6-4-5-15(11-16)9-10-18/h4-8,11H,9-10,18H2,1-3H3. The predicted octanol–water partition coefficient (Wildman–Crippen LogP) is 3.91. The largest absolute Gasteiger partial charge is 0.457 e. The van der Waals surface area contributed by atoms with Crippen LogP contribution in [-0.4, -0.2) is 6.54 Å². The molecule has 0 saturated carbocycles. The predicted molar refractivity (Wildman–Crippen MR) is 79.9 cm³/mol. The van der Waals surface area contributed by atoms with Crippen LogP contribution in [0.25, 0.3) is 0 Å². The maximum atomic E-state index is 6.07. The van der Waals surface area contributed by atoms with Gasteiger partial charge in [-0.25, -0.2) is 0 Å². The van der Waals surface area contributed by atoms with E-state index >= 15 is 0 Å². The highest BCUT2D eigenvalue weighted by atomic mass is 16.5. The van der Waals surface area contributed by atoms with Crippen LogP contribution in [0.5, 0.6) is 11.5 Å². The molecule has 0 aliphatic heterocycles. The average Bonchev–Trinajstić information content (AvgIpc) is 2.40. The molecule has 0 aromatic heterocycles. The van der Waals surface area contributed by atoms with Crippen molar-refractivity contribution in [3.63, 3.8) is 0 Å². The Morgan fingerprint density at radius 3 is 2.47 bits per heavy atom. The van der Waals surface area contributed by atoms with Crippen LogP contribution in [0, 0.1) is 20.8 Å². The Morgan fingerprint density at radius 2 is 1.74 bits per heavy atom. The Labute approximate surface area is 115 Å². The van der Waals surface area contributed by atoms with Gasteiger partial charge in [-0.1, -0.05) is 24.3 Å². The Kier molecular flexibility index (Phi) is 4.23. The summed E-state index contributed by atoms with van der Waals surface area (Å²) >= 11 is 0. The van der Waals surface area contributed by atoms with Gasteiger partial charge in [0, 0.05) is 0 Å². The zero-order chi connectivity index (χ0) is 13.8. The first-order valence-electron chi connectivity index (χ1n) is 6.65. The topological polar surface area (TPSA) is 35.2 Å². The van der Waals surface area contributed by atoms with Crippen LogP contribution in [0.15, 0.2) is 36.4 Å². The molecule has 0 unspecified atom stereocenters. The highest BCUT2D eigenvalue weighted by Gasteiger charge is 2.07. The molecular weight excluding hydrogens is 234 g/mol. The van der Waals surface area contributed by atoms with Crippen molar-refractivity contribution < 1.29 is 4.74 Å². The van der Waals surface area contributed by atoms with Crippen molar-refractivity contribution >= 4 is 0 Å². The van der Waals surface area contributed by atoms with Crippen LogP contribution in [0.2, 0.25) is 0 Å². The highest BCUT2D eigenvalue weighted by molar-refractivity contribution is 5.47. The number of aryl methyl sites for hydroxylation is 2. The molecule has 2 N–H and O–H groups in total. The van der Waals surface area contributed by atoms with Gasteiger partial charge in [-0.15, -0.1) is 0 Å². The monoisotopic (exact) mass is 255 g/mol. The van der Waals surface area contributed by atoms with Crippen LogP contribution >= 0.6 is 0 Å². The average molecular weight is 255 g/mol. The molecule has 100 valence electrons. The minimum atomic E-state index is 0.659. The lowest BCUT2D eigenvalue weighted by atomic mass is 10.1. The number of benzene rings is 2. The fraction of sp³-hybridized carbons (Fsp3) is 0.294. The van der Waals surface area contributed by atoms with E-state index in [1.165, 1.54) is 16.7 Å². The van der Waals surface area contributed by atoms with Gasteiger partial charge in [0.05, 0.1) is 0 Å². The maximum absolute atomic E-state index is 6.07. The van der Waals surface area contributed by atoms with Gasteiger partial charge in [-0.05, 0) is 68.1 Å². The van der Waals surface area contributed by atoms with E-state index in [9.17, 15) is 0 Å². The summed E-state index contributed by atoms with van der Waals surface area (Å²) in [6.07, 6.45) is 0.878. The van der Waals surface area contributed by atoms with Gasteiger partial charge in [0.2, 0.25) is 0 Å². The minimum Gasteiger partial charge on any atom is -0.457 e. The van der Waals surface area contributed by atoms with Gasteiger partial charge in [0.25, 0.3) is 0 Å². The molecule has 2 aromatic carbocycles. The fourth-order valence-corrected chi connectivity index (χ4v) is 2.13. The first kappa shape index (κ1) is 13.6. The van der Waals surface area contributed by atoms with Crippen molar-refractivity contribution in [1.82, 2.24) is 0 Å². The molecule has 0 aliphatic carbocycles. The Morgan fingerprint density at radius 1 is 1.00 bits per heavy atom. The summed E-state index contributed by atoms with van der Waals surface area (Å²) in [5.41, 5.74) is 10.4. The molecule has 2 aromatic rings. The van der Waals surface area contributed by atoms with Crippen molar-refractivity contribution in [2.24, 2.45) is 5.73 Å². The summed E-state index contributed by atoms with van der Waals surface area (Å²) in [6.45, 7) is 6.94. The summed E-state index contributed by atoms with van der Waals surface area (Å²) in [5, 5.41) is 0. The number of rotatable bonds is 4. The Balaban J connectivity index is 2.31. The quantitative estimate of drug-likeness (QED) is 0.899. The molecular formula is C17H21NO. The molecule has 0 spiro atoms. The summed E-state index contributed by atoms with van der Waals surface area (Å²) < 4.78 is 6.07. The maximum Gasteiger partial charge on any atom is 0.133 e.